The van der Waals surface area contributed by atoms with Gasteiger partial charge >= 0.3 is 0 Å². The van der Waals surface area contributed by atoms with E-state index in [1.54, 1.807) is 7.11 Å². The van der Waals surface area contributed by atoms with Crippen molar-refractivity contribution in [1.82, 2.24) is 14.9 Å². The molecule has 5 heteroatoms. The van der Waals surface area contributed by atoms with E-state index in [1.165, 1.54) is 19.3 Å². The molecule has 1 fully saturated rings. The largest absolute Gasteiger partial charge is 0.496 e. The molecule has 2 unspecified atom stereocenters. The van der Waals surface area contributed by atoms with Gasteiger partial charge < -0.3 is 14.6 Å². The lowest BCUT2D eigenvalue weighted by molar-refractivity contribution is 0.379. The highest BCUT2D eigenvalue weighted by atomic mass is 35.5. The highest BCUT2D eigenvalue weighted by Gasteiger charge is 2.28. The molecule has 0 radical (unpaired) electrons. The summed E-state index contributed by atoms with van der Waals surface area (Å²) in [5.41, 5.74) is 1.03. The molecule has 1 aromatic carbocycles. The van der Waals surface area contributed by atoms with Crippen LogP contribution < -0.4 is 10.1 Å². The first-order valence-corrected chi connectivity index (χ1v) is 7.69. The fourth-order valence-electron chi connectivity index (χ4n) is 3.14. The molecule has 0 amide bonds. The first-order chi connectivity index (χ1) is 10.3. The fraction of sp³-hybridized carbons (Fsp3) is 0.438. The van der Waals surface area contributed by atoms with E-state index in [4.69, 9.17) is 16.3 Å². The predicted molar refractivity (Wildman–Crippen MR) is 83.7 cm³/mol. The summed E-state index contributed by atoms with van der Waals surface area (Å²) in [7, 11) is 1.68. The molecule has 1 saturated carbocycles. The van der Waals surface area contributed by atoms with E-state index in [9.17, 15) is 0 Å². The Labute approximate surface area is 130 Å². The standard InChI is InChI=1S/C16H20ClN3O/c1-21-16-7-2-4-13(17)12(16)10-19-14-5-3-6-15(14)20-9-8-18-11-20/h2,4,7-9,11,14-15,19H,3,5-6,10H2,1H3. The highest BCUT2D eigenvalue weighted by Crippen LogP contribution is 2.31. The molecule has 21 heavy (non-hydrogen) atoms. The zero-order valence-corrected chi connectivity index (χ0v) is 12.9. The van der Waals surface area contributed by atoms with Gasteiger partial charge in [-0.3, -0.25) is 0 Å². The Morgan fingerprint density at radius 3 is 3.10 bits per heavy atom. The molecule has 1 aliphatic carbocycles. The molecule has 3 rings (SSSR count). The summed E-state index contributed by atoms with van der Waals surface area (Å²) in [6.07, 6.45) is 9.39. The average Bonchev–Trinajstić information content (AvgIpc) is 3.16. The summed E-state index contributed by atoms with van der Waals surface area (Å²) in [4.78, 5) is 4.16. The quantitative estimate of drug-likeness (QED) is 0.920. The van der Waals surface area contributed by atoms with Crippen molar-refractivity contribution in [3.05, 3.63) is 47.5 Å². The second-order valence-electron chi connectivity index (χ2n) is 5.42. The third kappa shape index (κ3) is 3.06. The van der Waals surface area contributed by atoms with Crippen LogP contribution in [0.2, 0.25) is 5.02 Å². The maximum Gasteiger partial charge on any atom is 0.124 e. The van der Waals surface area contributed by atoms with Gasteiger partial charge in [-0.25, -0.2) is 4.98 Å². The van der Waals surface area contributed by atoms with Gasteiger partial charge in [0.2, 0.25) is 0 Å². The Balaban J connectivity index is 1.70. The smallest absolute Gasteiger partial charge is 0.124 e. The van der Waals surface area contributed by atoms with E-state index in [0.29, 0.717) is 12.1 Å². The molecular weight excluding hydrogens is 286 g/mol. The monoisotopic (exact) mass is 305 g/mol. The van der Waals surface area contributed by atoms with Gasteiger partial charge in [-0.2, -0.15) is 0 Å². The van der Waals surface area contributed by atoms with Gasteiger partial charge in [0.05, 0.1) is 13.4 Å². The van der Waals surface area contributed by atoms with Crippen LogP contribution in [0.4, 0.5) is 0 Å². The number of methoxy groups -OCH3 is 1. The summed E-state index contributed by atoms with van der Waals surface area (Å²) < 4.78 is 7.60. The molecule has 1 N–H and O–H groups in total. The van der Waals surface area contributed by atoms with E-state index >= 15 is 0 Å². The number of imidazole rings is 1. The molecule has 0 bridgehead atoms. The number of halogens is 1. The van der Waals surface area contributed by atoms with Crippen LogP contribution in [0, 0.1) is 0 Å². The van der Waals surface area contributed by atoms with Gasteiger partial charge in [0.25, 0.3) is 0 Å². The molecule has 0 saturated heterocycles. The Morgan fingerprint density at radius 1 is 1.43 bits per heavy atom. The summed E-state index contributed by atoms with van der Waals surface area (Å²) in [5.74, 6) is 0.840. The minimum Gasteiger partial charge on any atom is -0.496 e. The lowest BCUT2D eigenvalue weighted by atomic mass is 10.1. The molecule has 2 aromatic rings. The Hall–Kier alpha value is -1.52. The van der Waals surface area contributed by atoms with Crippen LogP contribution >= 0.6 is 11.6 Å². The number of nitrogens with zero attached hydrogens (tertiary/aromatic N) is 2. The van der Waals surface area contributed by atoms with Crippen LogP contribution in [0.5, 0.6) is 5.75 Å². The number of rotatable bonds is 5. The van der Waals surface area contributed by atoms with Crippen molar-refractivity contribution < 1.29 is 4.74 Å². The minimum absolute atomic E-state index is 0.445. The Morgan fingerprint density at radius 2 is 2.33 bits per heavy atom. The lowest BCUT2D eigenvalue weighted by Gasteiger charge is -2.23. The first-order valence-electron chi connectivity index (χ1n) is 7.32. The molecule has 112 valence electrons. The van der Waals surface area contributed by atoms with Crippen molar-refractivity contribution in [1.29, 1.82) is 0 Å². The van der Waals surface area contributed by atoms with Crippen LogP contribution in [0.15, 0.2) is 36.9 Å². The van der Waals surface area contributed by atoms with Gasteiger partial charge in [0.15, 0.2) is 0 Å². The highest BCUT2D eigenvalue weighted by molar-refractivity contribution is 6.31. The number of aromatic nitrogens is 2. The van der Waals surface area contributed by atoms with Gasteiger partial charge in [0, 0.05) is 41.6 Å². The summed E-state index contributed by atoms with van der Waals surface area (Å²) in [5, 5.41) is 4.39. The number of nitrogens with one attached hydrogen (secondary N) is 1. The van der Waals surface area contributed by atoms with Gasteiger partial charge in [0.1, 0.15) is 5.75 Å². The first kappa shape index (κ1) is 14.4. The normalized spacial score (nSPS) is 21.6. The summed E-state index contributed by atoms with van der Waals surface area (Å²) in [6.45, 7) is 0.721. The summed E-state index contributed by atoms with van der Waals surface area (Å²) in [6, 6.07) is 6.68. The zero-order valence-electron chi connectivity index (χ0n) is 12.1. The predicted octanol–water partition coefficient (Wildman–Crippen LogP) is 3.43. The molecule has 0 spiro atoms. The van der Waals surface area contributed by atoms with E-state index in [0.717, 1.165) is 22.9 Å². The number of hydrogen-bond donors (Lipinski definition) is 1. The lowest BCUT2D eigenvalue weighted by Crippen LogP contribution is -2.33. The van der Waals surface area contributed by atoms with E-state index in [-0.39, 0.29) is 0 Å². The van der Waals surface area contributed by atoms with Crippen molar-refractivity contribution in [2.24, 2.45) is 0 Å². The Kier molecular flexibility index (Phi) is 4.46. The molecule has 1 aromatic heterocycles. The van der Waals surface area contributed by atoms with E-state index in [1.807, 2.05) is 36.9 Å². The van der Waals surface area contributed by atoms with Crippen molar-refractivity contribution in [2.75, 3.05) is 7.11 Å². The second kappa shape index (κ2) is 6.50. The van der Waals surface area contributed by atoms with Crippen LogP contribution in [0.25, 0.3) is 0 Å². The van der Waals surface area contributed by atoms with E-state index < -0.39 is 0 Å². The second-order valence-corrected chi connectivity index (χ2v) is 5.82. The van der Waals surface area contributed by atoms with Crippen LogP contribution in [-0.2, 0) is 6.54 Å². The number of ether oxygens (including phenoxy) is 1. The Bertz CT molecular complexity index is 585. The molecule has 2 atom stereocenters. The van der Waals surface area contributed by atoms with Crippen LogP contribution in [-0.4, -0.2) is 22.7 Å². The van der Waals surface area contributed by atoms with Gasteiger partial charge in [-0.1, -0.05) is 17.7 Å². The number of hydrogen-bond acceptors (Lipinski definition) is 3. The SMILES string of the molecule is COc1cccc(Cl)c1CNC1CCCC1n1ccnc1. The van der Waals surface area contributed by atoms with Crippen molar-refractivity contribution in [2.45, 2.75) is 37.9 Å². The van der Waals surface area contributed by atoms with E-state index in [2.05, 4.69) is 14.9 Å². The number of benzene rings is 1. The molecule has 1 heterocycles. The van der Waals surface area contributed by atoms with Crippen molar-refractivity contribution in [3.63, 3.8) is 0 Å². The molecule has 1 aliphatic rings. The average molecular weight is 306 g/mol. The van der Waals surface area contributed by atoms with Gasteiger partial charge in [-0.05, 0) is 31.4 Å². The third-order valence-corrected chi connectivity index (χ3v) is 4.58. The topological polar surface area (TPSA) is 39.1 Å². The fourth-order valence-corrected chi connectivity index (χ4v) is 3.37. The molecule has 0 aliphatic heterocycles. The zero-order chi connectivity index (χ0) is 14.7. The van der Waals surface area contributed by atoms with Crippen LogP contribution in [0.3, 0.4) is 0 Å². The summed E-state index contributed by atoms with van der Waals surface area (Å²) >= 11 is 6.29. The molecular formula is C16H20ClN3O. The maximum atomic E-state index is 6.29. The third-order valence-electron chi connectivity index (χ3n) is 4.22. The van der Waals surface area contributed by atoms with Crippen LogP contribution in [0.1, 0.15) is 30.9 Å². The maximum absolute atomic E-state index is 6.29. The van der Waals surface area contributed by atoms with Crippen molar-refractivity contribution in [3.8, 4) is 5.75 Å². The van der Waals surface area contributed by atoms with Gasteiger partial charge in [-0.15, -0.1) is 0 Å². The van der Waals surface area contributed by atoms with Crippen molar-refractivity contribution >= 4 is 11.6 Å². The molecule has 4 nitrogen and oxygen atoms in total. The minimum atomic E-state index is 0.445.